The second kappa shape index (κ2) is 11.6. The average molecular weight is 673 g/mol. The Morgan fingerprint density at radius 3 is 1.53 bits per heavy atom. The Hall–Kier alpha value is -5.29. The van der Waals surface area contributed by atoms with Crippen LogP contribution in [0.3, 0.4) is 0 Å². The van der Waals surface area contributed by atoms with Gasteiger partial charge in [0.2, 0.25) is 0 Å². The molecule has 256 valence electrons. The quantitative estimate of drug-likeness (QED) is 0.121. The molecule has 2 heterocycles. The second-order valence-corrected chi connectivity index (χ2v) is 15.6. The lowest BCUT2D eigenvalue weighted by molar-refractivity contribution is -0.136. The van der Waals surface area contributed by atoms with E-state index in [2.05, 4.69) is 149 Å². The highest BCUT2D eigenvalue weighted by atomic mass is 16.2. The number of ketones is 3. The van der Waals surface area contributed by atoms with E-state index in [0.29, 0.717) is 18.4 Å². The summed E-state index contributed by atoms with van der Waals surface area (Å²) in [5.41, 5.74) is 9.54. The summed E-state index contributed by atoms with van der Waals surface area (Å²) < 4.78 is 0. The molecule has 0 saturated heterocycles. The van der Waals surface area contributed by atoms with Gasteiger partial charge in [0.15, 0.2) is 17.3 Å². The third kappa shape index (κ3) is 4.85. The van der Waals surface area contributed by atoms with E-state index in [1.54, 1.807) is 6.92 Å². The standard InChI is InChI=1S/C46H44N2O3/c1-27-36(49)26-37(50)41(44(27)51)40-30(20-24-38-45(2,3)42-32-14-10-8-12-28(32)18-22-34(42)47(38)6)16-17-31(40)21-25-39-46(4,5)43-33-15-11-9-13-29(33)19-23-35(43)48(39)7/h8-15,18-25,27H,16-17,26H2,1-7H3. The van der Waals surface area contributed by atoms with Crippen molar-refractivity contribution in [2.45, 2.75) is 64.7 Å². The van der Waals surface area contributed by atoms with Gasteiger partial charge in [0.05, 0.1) is 17.9 Å². The second-order valence-electron chi connectivity index (χ2n) is 15.6. The van der Waals surface area contributed by atoms with E-state index in [-0.39, 0.29) is 40.2 Å². The van der Waals surface area contributed by atoms with Crippen molar-refractivity contribution in [3.8, 4) is 0 Å². The maximum atomic E-state index is 13.8. The number of allylic oxidation sites excluding steroid dienone is 10. The van der Waals surface area contributed by atoms with Gasteiger partial charge in [0.25, 0.3) is 0 Å². The normalized spacial score (nSPS) is 24.4. The third-order valence-corrected chi connectivity index (χ3v) is 12.0. The Labute approximate surface area is 300 Å². The van der Waals surface area contributed by atoms with Gasteiger partial charge >= 0.3 is 0 Å². The topological polar surface area (TPSA) is 57.7 Å². The van der Waals surface area contributed by atoms with Crippen LogP contribution in [-0.4, -0.2) is 31.4 Å². The molecule has 2 aliphatic carbocycles. The van der Waals surface area contributed by atoms with Crippen LogP contribution >= 0.6 is 0 Å². The molecule has 5 nitrogen and oxygen atoms in total. The number of rotatable bonds is 2. The lowest BCUT2D eigenvalue weighted by Crippen LogP contribution is -2.35. The number of likely N-dealkylation sites (N-methyl/N-ethyl adjacent to an activating group) is 2. The number of Topliss-reactive ketones (excluding diaryl/α,β-unsaturated/α-hetero) is 3. The minimum Gasteiger partial charge on any atom is -0.347 e. The predicted molar refractivity (Wildman–Crippen MR) is 208 cm³/mol. The van der Waals surface area contributed by atoms with E-state index >= 15 is 0 Å². The summed E-state index contributed by atoms with van der Waals surface area (Å²) in [6, 6.07) is 25.8. The summed E-state index contributed by atoms with van der Waals surface area (Å²) in [6.45, 7) is 10.7. The fourth-order valence-electron chi connectivity index (χ4n) is 9.29. The highest BCUT2D eigenvalue weighted by Crippen LogP contribution is 2.52. The van der Waals surface area contributed by atoms with Crippen molar-refractivity contribution >= 4 is 50.3 Å². The van der Waals surface area contributed by atoms with Crippen LogP contribution < -0.4 is 9.80 Å². The lowest BCUT2D eigenvalue weighted by Gasteiger charge is -2.25. The van der Waals surface area contributed by atoms with Crippen LogP contribution in [0, 0.1) is 5.92 Å². The summed E-state index contributed by atoms with van der Waals surface area (Å²) in [5.74, 6) is -1.85. The minimum atomic E-state index is -0.824. The van der Waals surface area contributed by atoms with Crippen LogP contribution in [-0.2, 0) is 25.2 Å². The van der Waals surface area contributed by atoms with Crippen molar-refractivity contribution in [2.24, 2.45) is 5.92 Å². The van der Waals surface area contributed by atoms with E-state index < -0.39 is 5.92 Å². The Balaban J connectivity index is 1.25. The maximum absolute atomic E-state index is 13.8. The van der Waals surface area contributed by atoms with E-state index in [1.807, 2.05) is 0 Å². The first-order valence-corrected chi connectivity index (χ1v) is 18.0. The Bertz CT molecular complexity index is 2260. The molecule has 0 amide bonds. The molecule has 2 fully saturated rings. The summed E-state index contributed by atoms with van der Waals surface area (Å²) in [7, 11) is 4.22. The molecule has 0 bridgehead atoms. The highest BCUT2D eigenvalue weighted by Gasteiger charge is 2.42. The van der Waals surface area contributed by atoms with Gasteiger partial charge < -0.3 is 9.80 Å². The van der Waals surface area contributed by atoms with Gasteiger partial charge in [-0.3, -0.25) is 14.4 Å². The Morgan fingerprint density at radius 1 is 0.608 bits per heavy atom. The van der Waals surface area contributed by atoms with Crippen LogP contribution in [0.25, 0.3) is 21.5 Å². The molecule has 1 unspecified atom stereocenters. The first kappa shape index (κ1) is 32.9. The molecule has 4 aliphatic rings. The van der Waals surface area contributed by atoms with Crippen molar-refractivity contribution in [3.05, 3.63) is 142 Å². The number of hydrogen-bond donors (Lipinski definition) is 0. The molecule has 5 heteroatoms. The number of carbonyl (C=O) groups excluding carboxylic acids is 3. The monoisotopic (exact) mass is 672 g/mol. The molecule has 0 N–H and O–H groups in total. The highest BCUT2D eigenvalue weighted by molar-refractivity contribution is 6.34. The van der Waals surface area contributed by atoms with Crippen LogP contribution in [0.1, 0.15) is 65.0 Å². The number of carbonyl (C=O) groups is 3. The van der Waals surface area contributed by atoms with Gasteiger partial charge in [-0.05, 0) is 93.4 Å². The summed E-state index contributed by atoms with van der Waals surface area (Å²) in [6.07, 6.45) is 9.75. The molecule has 2 aliphatic heterocycles. The number of anilines is 2. The maximum Gasteiger partial charge on any atom is 0.177 e. The van der Waals surface area contributed by atoms with Gasteiger partial charge in [0.1, 0.15) is 0 Å². The van der Waals surface area contributed by atoms with Gasteiger partial charge in [-0.25, -0.2) is 0 Å². The van der Waals surface area contributed by atoms with Crippen LogP contribution in [0.15, 0.2) is 131 Å². The van der Waals surface area contributed by atoms with Crippen molar-refractivity contribution in [1.82, 2.24) is 0 Å². The van der Waals surface area contributed by atoms with E-state index in [4.69, 9.17) is 0 Å². The molecule has 0 radical (unpaired) electrons. The number of benzene rings is 4. The zero-order valence-electron chi connectivity index (χ0n) is 30.6. The number of hydrogen-bond acceptors (Lipinski definition) is 5. The van der Waals surface area contributed by atoms with Crippen molar-refractivity contribution in [2.75, 3.05) is 23.9 Å². The predicted octanol–water partition coefficient (Wildman–Crippen LogP) is 9.61. The zero-order chi connectivity index (χ0) is 36.0. The van der Waals surface area contributed by atoms with Gasteiger partial charge in [-0.15, -0.1) is 0 Å². The molecule has 4 aromatic rings. The Kier molecular flexibility index (Phi) is 7.50. The third-order valence-electron chi connectivity index (χ3n) is 12.0. The molecular formula is C46H44N2O3. The number of nitrogens with zero attached hydrogens (tertiary/aromatic N) is 2. The fourth-order valence-corrected chi connectivity index (χ4v) is 9.29. The molecular weight excluding hydrogens is 629 g/mol. The first-order chi connectivity index (χ1) is 24.3. The number of fused-ring (bicyclic) bond motifs is 6. The zero-order valence-corrected chi connectivity index (χ0v) is 30.6. The minimum absolute atomic E-state index is 0.190. The largest absolute Gasteiger partial charge is 0.347 e. The lowest BCUT2D eigenvalue weighted by atomic mass is 9.79. The van der Waals surface area contributed by atoms with Crippen molar-refractivity contribution in [1.29, 1.82) is 0 Å². The van der Waals surface area contributed by atoms with Crippen LogP contribution in [0.4, 0.5) is 11.4 Å². The molecule has 1 atom stereocenters. The summed E-state index contributed by atoms with van der Waals surface area (Å²) in [5, 5.41) is 4.93. The van der Waals surface area contributed by atoms with Gasteiger partial charge in [-0.2, -0.15) is 0 Å². The van der Waals surface area contributed by atoms with Gasteiger partial charge in [0, 0.05) is 47.7 Å². The van der Waals surface area contributed by atoms with E-state index in [9.17, 15) is 14.4 Å². The molecule has 2 saturated carbocycles. The average Bonchev–Trinajstić information content (AvgIpc) is 3.66. The van der Waals surface area contributed by atoms with Crippen molar-refractivity contribution < 1.29 is 14.4 Å². The SMILES string of the molecule is CC1C(=O)CC(=O)C(=C2C(=CC=C3N(C)c4ccc5ccccc5c4C3(C)C)CCC2=CC=C2N(C)c3ccc4ccccc4c3C2(C)C)C1=O. The summed E-state index contributed by atoms with van der Waals surface area (Å²) in [4.78, 5) is 44.6. The van der Waals surface area contributed by atoms with Crippen LogP contribution in [0.5, 0.6) is 0 Å². The smallest absolute Gasteiger partial charge is 0.177 e. The fraction of sp³-hybridized carbons (Fsp3) is 0.283. The molecule has 8 rings (SSSR count). The summed E-state index contributed by atoms with van der Waals surface area (Å²) >= 11 is 0. The van der Waals surface area contributed by atoms with E-state index in [1.165, 1.54) is 44.0 Å². The molecule has 4 aromatic carbocycles. The van der Waals surface area contributed by atoms with Gasteiger partial charge in [-0.1, -0.05) is 101 Å². The molecule has 51 heavy (non-hydrogen) atoms. The first-order valence-electron chi connectivity index (χ1n) is 18.0. The Morgan fingerprint density at radius 2 is 1.06 bits per heavy atom. The van der Waals surface area contributed by atoms with Crippen LogP contribution in [0.2, 0.25) is 0 Å². The molecule has 0 aromatic heterocycles. The van der Waals surface area contributed by atoms with Crippen molar-refractivity contribution in [3.63, 3.8) is 0 Å². The molecule has 0 spiro atoms. The van der Waals surface area contributed by atoms with E-state index in [0.717, 1.165) is 22.5 Å².